The lowest BCUT2D eigenvalue weighted by atomic mass is 10.1. The van der Waals surface area contributed by atoms with E-state index in [0.717, 1.165) is 0 Å². The second-order valence-electron chi connectivity index (χ2n) is 4.73. The highest BCUT2D eigenvalue weighted by Crippen LogP contribution is 2.28. The molecule has 3 rings (SSSR count). The lowest BCUT2D eigenvalue weighted by Crippen LogP contribution is -2.34. The van der Waals surface area contributed by atoms with Gasteiger partial charge in [0.05, 0.1) is 29.2 Å². The maximum atomic E-state index is 13.1. The summed E-state index contributed by atoms with van der Waals surface area (Å²) in [5.41, 5.74) is 4.55. The zero-order valence-corrected chi connectivity index (χ0v) is 12.0. The van der Waals surface area contributed by atoms with Gasteiger partial charge in [-0.1, -0.05) is 11.6 Å². The molecule has 1 aliphatic rings. The van der Waals surface area contributed by atoms with Crippen LogP contribution in [0.25, 0.3) is 11.3 Å². The average molecular weight is 307 g/mol. The number of halogens is 2. The minimum absolute atomic E-state index is 0.0399. The van der Waals surface area contributed by atoms with Gasteiger partial charge in [-0.05, 0) is 25.1 Å². The summed E-state index contributed by atoms with van der Waals surface area (Å²) in [5.74, 6) is 0.162. The van der Waals surface area contributed by atoms with Crippen LogP contribution in [0.4, 0.5) is 10.2 Å². The van der Waals surface area contributed by atoms with E-state index in [2.05, 4.69) is 15.4 Å². The fourth-order valence-electron chi connectivity index (χ4n) is 2.20. The van der Waals surface area contributed by atoms with Crippen molar-refractivity contribution in [3.63, 3.8) is 0 Å². The topological polar surface area (TPSA) is 58.1 Å². The molecule has 0 atom stereocenters. The van der Waals surface area contributed by atoms with Gasteiger partial charge in [-0.3, -0.25) is 15.2 Å². The quantitative estimate of drug-likeness (QED) is 0.926. The molecule has 1 N–H and O–H groups in total. The average Bonchev–Trinajstić information content (AvgIpc) is 2.85. The van der Waals surface area contributed by atoms with Gasteiger partial charge in [0.15, 0.2) is 5.82 Å². The molecule has 1 amide bonds. The molecule has 0 bridgehead atoms. The summed E-state index contributed by atoms with van der Waals surface area (Å²) < 4.78 is 13.1. The van der Waals surface area contributed by atoms with Gasteiger partial charge in [0, 0.05) is 12.0 Å². The van der Waals surface area contributed by atoms with E-state index in [-0.39, 0.29) is 10.9 Å². The van der Waals surface area contributed by atoms with Gasteiger partial charge in [0.25, 0.3) is 0 Å². The van der Waals surface area contributed by atoms with Crippen molar-refractivity contribution in [1.82, 2.24) is 15.4 Å². The lowest BCUT2D eigenvalue weighted by Gasteiger charge is -2.18. The minimum Gasteiger partial charge on any atom is -0.273 e. The molecule has 7 heteroatoms. The Morgan fingerprint density at radius 1 is 1.43 bits per heavy atom. The molecule has 5 nitrogen and oxygen atoms in total. The van der Waals surface area contributed by atoms with E-state index in [1.165, 1.54) is 12.1 Å². The summed E-state index contributed by atoms with van der Waals surface area (Å²) >= 11 is 6.03. The molecule has 2 aromatic rings. The van der Waals surface area contributed by atoms with E-state index >= 15 is 0 Å². The first-order valence-electron chi connectivity index (χ1n) is 6.40. The van der Waals surface area contributed by atoms with Crippen molar-refractivity contribution >= 4 is 23.3 Å². The summed E-state index contributed by atoms with van der Waals surface area (Å²) in [4.78, 5) is 20.0. The predicted molar refractivity (Wildman–Crippen MR) is 77.3 cm³/mol. The molecular formula is C14H12ClFN4O. The number of hydrogen-bond donors (Lipinski definition) is 1. The Morgan fingerprint density at radius 3 is 2.86 bits per heavy atom. The van der Waals surface area contributed by atoms with Crippen LogP contribution >= 0.6 is 11.6 Å². The third-order valence-corrected chi connectivity index (χ3v) is 3.52. The van der Waals surface area contributed by atoms with Gasteiger partial charge in [-0.25, -0.2) is 14.4 Å². The Labute approximate surface area is 125 Å². The first-order valence-corrected chi connectivity index (χ1v) is 6.78. The van der Waals surface area contributed by atoms with Crippen LogP contribution in [-0.4, -0.2) is 22.4 Å². The molecule has 2 heterocycles. The summed E-state index contributed by atoms with van der Waals surface area (Å²) in [6.45, 7) is 2.36. The Hall–Kier alpha value is -2.21. The minimum atomic E-state index is -0.398. The summed E-state index contributed by atoms with van der Waals surface area (Å²) in [7, 11) is 0. The zero-order valence-electron chi connectivity index (χ0n) is 11.2. The zero-order chi connectivity index (χ0) is 15.0. The van der Waals surface area contributed by atoms with Crippen molar-refractivity contribution in [2.75, 3.05) is 11.6 Å². The largest absolute Gasteiger partial charge is 0.273 e. The number of aromatic nitrogens is 2. The Balaban J connectivity index is 1.95. The van der Waals surface area contributed by atoms with Crippen molar-refractivity contribution in [2.24, 2.45) is 0 Å². The van der Waals surface area contributed by atoms with E-state index in [1.807, 2.05) is 0 Å². The molecule has 0 aliphatic carbocycles. The van der Waals surface area contributed by atoms with Gasteiger partial charge < -0.3 is 0 Å². The van der Waals surface area contributed by atoms with E-state index < -0.39 is 5.82 Å². The molecule has 0 spiro atoms. The molecule has 21 heavy (non-hydrogen) atoms. The van der Waals surface area contributed by atoms with E-state index in [0.29, 0.717) is 35.7 Å². The molecule has 0 saturated carbocycles. The second-order valence-corrected chi connectivity index (χ2v) is 5.13. The van der Waals surface area contributed by atoms with E-state index in [4.69, 9.17) is 11.6 Å². The number of benzene rings is 1. The lowest BCUT2D eigenvalue weighted by molar-refractivity contribution is -0.119. The number of nitrogens with one attached hydrogen (secondary N) is 1. The van der Waals surface area contributed by atoms with Crippen LogP contribution in [0.15, 0.2) is 24.4 Å². The highest BCUT2D eigenvalue weighted by atomic mass is 35.5. The number of anilines is 1. The predicted octanol–water partition coefficient (Wildman–Crippen LogP) is 2.49. The number of nitrogens with zero attached hydrogens (tertiary/aromatic N) is 3. The molecule has 108 valence electrons. The normalized spacial score (nSPS) is 14.4. The molecule has 1 aromatic heterocycles. The highest BCUT2D eigenvalue weighted by Gasteiger charge is 2.22. The standard InChI is InChI=1S/C14H12ClFN4O/c1-8-14(20-5-4-13(21)19-20)17-7-12(18-8)10-3-2-9(16)6-11(10)15/h2-3,6-7H,4-5H2,1H3,(H,19,21). The van der Waals surface area contributed by atoms with Gasteiger partial charge in [-0.15, -0.1) is 0 Å². The van der Waals surface area contributed by atoms with Crippen LogP contribution in [0.2, 0.25) is 5.02 Å². The van der Waals surface area contributed by atoms with Gasteiger partial charge in [0.1, 0.15) is 5.82 Å². The van der Waals surface area contributed by atoms with Crippen molar-refractivity contribution in [3.05, 3.63) is 40.9 Å². The van der Waals surface area contributed by atoms with Gasteiger partial charge in [-0.2, -0.15) is 0 Å². The van der Waals surface area contributed by atoms with Crippen molar-refractivity contribution in [2.45, 2.75) is 13.3 Å². The number of hydrazine groups is 1. The van der Waals surface area contributed by atoms with E-state index in [9.17, 15) is 9.18 Å². The molecular weight excluding hydrogens is 295 g/mol. The molecule has 1 aromatic carbocycles. The molecule has 1 aliphatic heterocycles. The smallest absolute Gasteiger partial charge is 0.240 e. The summed E-state index contributed by atoms with van der Waals surface area (Å²) in [6, 6.07) is 4.13. The first kappa shape index (κ1) is 13.8. The molecule has 1 saturated heterocycles. The SMILES string of the molecule is Cc1nc(-c2ccc(F)cc2Cl)cnc1N1CCC(=O)N1. The van der Waals surface area contributed by atoms with Crippen molar-refractivity contribution < 1.29 is 9.18 Å². The van der Waals surface area contributed by atoms with Crippen molar-refractivity contribution in [1.29, 1.82) is 0 Å². The maximum absolute atomic E-state index is 13.1. The van der Waals surface area contributed by atoms with Gasteiger partial charge >= 0.3 is 0 Å². The molecule has 1 fully saturated rings. The third-order valence-electron chi connectivity index (χ3n) is 3.21. The molecule has 0 unspecified atom stereocenters. The third kappa shape index (κ3) is 2.67. The van der Waals surface area contributed by atoms with Crippen LogP contribution in [0, 0.1) is 12.7 Å². The number of carbonyl (C=O) groups excluding carboxylic acids is 1. The highest BCUT2D eigenvalue weighted by molar-refractivity contribution is 6.33. The fraction of sp³-hybridized carbons (Fsp3) is 0.214. The van der Waals surface area contributed by atoms with Crippen LogP contribution in [0.1, 0.15) is 12.1 Å². The van der Waals surface area contributed by atoms with Crippen LogP contribution in [-0.2, 0) is 4.79 Å². The van der Waals surface area contributed by atoms with Crippen LogP contribution < -0.4 is 10.4 Å². The monoisotopic (exact) mass is 306 g/mol. The number of amides is 1. The van der Waals surface area contributed by atoms with Crippen LogP contribution in [0.5, 0.6) is 0 Å². The fourth-order valence-corrected chi connectivity index (χ4v) is 2.47. The Morgan fingerprint density at radius 2 is 2.24 bits per heavy atom. The number of hydrogen-bond acceptors (Lipinski definition) is 4. The maximum Gasteiger partial charge on any atom is 0.240 e. The Kier molecular flexibility index (Phi) is 3.47. The van der Waals surface area contributed by atoms with Crippen molar-refractivity contribution in [3.8, 4) is 11.3 Å². The van der Waals surface area contributed by atoms with Gasteiger partial charge in [0.2, 0.25) is 5.91 Å². The Bertz CT molecular complexity index is 722. The summed E-state index contributed by atoms with van der Waals surface area (Å²) in [5, 5.41) is 1.95. The van der Waals surface area contributed by atoms with E-state index in [1.54, 1.807) is 24.2 Å². The second kappa shape index (κ2) is 5.29. The summed E-state index contributed by atoms with van der Waals surface area (Å²) in [6.07, 6.45) is 2.00. The first-order chi connectivity index (χ1) is 10.0. The number of carbonyl (C=O) groups is 1. The number of aryl methyl sites for hydroxylation is 1. The number of rotatable bonds is 2. The van der Waals surface area contributed by atoms with Crippen LogP contribution in [0.3, 0.4) is 0 Å². The molecule has 0 radical (unpaired) electrons.